The van der Waals surface area contributed by atoms with Gasteiger partial charge in [0.15, 0.2) is 0 Å². The molecule has 1 fully saturated rings. The third-order valence-electron chi connectivity index (χ3n) is 3.21. The monoisotopic (exact) mass is 428 g/mol. The van der Waals surface area contributed by atoms with E-state index in [4.69, 9.17) is 9.84 Å². The summed E-state index contributed by atoms with van der Waals surface area (Å²) in [5.74, 6) is -1.50. The number of carboxylic acids is 1. The number of halogens is 1. The lowest BCUT2D eigenvalue weighted by Crippen LogP contribution is -2.32. The van der Waals surface area contributed by atoms with Crippen LogP contribution in [0.3, 0.4) is 0 Å². The Morgan fingerprint density at radius 1 is 1.54 bits per heavy atom. The molecule has 1 aromatic heterocycles. The molecule has 0 amide bonds. The van der Waals surface area contributed by atoms with Crippen molar-refractivity contribution in [3.8, 4) is 0 Å². The topological polar surface area (TPSA) is 168 Å². The Kier molecular flexibility index (Phi) is 5.78. The molecule has 2 heterocycles. The molecule has 2 rings (SSSR count). The van der Waals surface area contributed by atoms with Crippen molar-refractivity contribution >= 4 is 29.5 Å². The maximum Gasteiger partial charge on any atom is 0.339 e. The van der Waals surface area contributed by atoms with Crippen LogP contribution in [0.1, 0.15) is 12.6 Å². The van der Waals surface area contributed by atoms with E-state index < -0.39 is 56.0 Å². The number of aliphatic carboxylic acids is 1. The number of aliphatic hydroxyl groups is 1. The quantitative estimate of drug-likeness (QED) is 0.425. The van der Waals surface area contributed by atoms with Gasteiger partial charge < -0.3 is 24.4 Å². The summed E-state index contributed by atoms with van der Waals surface area (Å²) in [5, 5.41) is 18.4. The Morgan fingerprint density at radius 3 is 2.83 bits per heavy atom. The highest BCUT2D eigenvalue weighted by Crippen LogP contribution is 2.42. The highest BCUT2D eigenvalue weighted by atomic mass is 79.9. The number of hydrogen-bond acceptors (Lipinski definition) is 7. The largest absolute Gasteiger partial charge is 0.481 e. The van der Waals surface area contributed by atoms with Crippen molar-refractivity contribution in [1.82, 2.24) is 9.55 Å². The van der Waals surface area contributed by atoms with Gasteiger partial charge in [0.1, 0.15) is 18.5 Å². The molecular formula is C11H14BrN2O9P. The average molecular weight is 429 g/mol. The predicted molar refractivity (Wildman–Crippen MR) is 81.8 cm³/mol. The minimum Gasteiger partial charge on any atom is -0.481 e. The summed E-state index contributed by atoms with van der Waals surface area (Å²) in [6.45, 7) is -0.530. The molecule has 24 heavy (non-hydrogen) atoms. The van der Waals surface area contributed by atoms with E-state index in [9.17, 15) is 28.9 Å². The number of carbonyl (C=O) groups is 1. The van der Waals surface area contributed by atoms with E-state index in [1.165, 1.54) is 6.20 Å². The first kappa shape index (κ1) is 19.0. The maximum atomic E-state index is 11.8. The summed E-state index contributed by atoms with van der Waals surface area (Å²) in [6.07, 6.45) is -2.98. The molecule has 0 aromatic carbocycles. The van der Waals surface area contributed by atoms with Crippen molar-refractivity contribution < 1.29 is 33.7 Å². The van der Waals surface area contributed by atoms with Gasteiger partial charge in [0.2, 0.25) is 0 Å². The lowest BCUT2D eigenvalue weighted by atomic mass is 10.2. The highest BCUT2D eigenvalue weighted by Gasteiger charge is 2.37. The first-order chi connectivity index (χ1) is 11.1. The van der Waals surface area contributed by atoms with Gasteiger partial charge in [0.05, 0.1) is 17.2 Å². The van der Waals surface area contributed by atoms with Gasteiger partial charge in [-0.25, -0.2) is 4.79 Å². The second-order valence-corrected chi connectivity index (χ2v) is 7.76. The number of aromatic amines is 1. The van der Waals surface area contributed by atoms with E-state index in [1.807, 2.05) is 0 Å². The van der Waals surface area contributed by atoms with Crippen molar-refractivity contribution in [2.45, 2.75) is 24.9 Å². The van der Waals surface area contributed by atoms with Crippen molar-refractivity contribution in [2.75, 3.05) is 12.8 Å². The summed E-state index contributed by atoms with van der Waals surface area (Å²) < 4.78 is 22.7. The van der Waals surface area contributed by atoms with E-state index in [0.29, 0.717) is 0 Å². The lowest BCUT2D eigenvalue weighted by molar-refractivity contribution is -0.134. The normalized spacial score (nSPS) is 26.2. The number of ether oxygens (including phenoxy) is 1. The second-order valence-electron chi connectivity index (χ2n) is 5.06. The standard InChI is InChI=1S/C11H14BrN2O9P/c12-5-2-14(11(19)13-10(5)18)8-1-6(15)7(23-8)3-22-24(20,21)4-9(16)17/h2,6-8,15H,1,3-4H2,(H,16,17)(H,20,21)(H,13,18,19)/t6-,7+,8+/m0/s1. The molecule has 13 heteroatoms. The fourth-order valence-electron chi connectivity index (χ4n) is 2.12. The molecule has 1 aliphatic rings. The molecule has 0 radical (unpaired) electrons. The molecule has 0 saturated carbocycles. The van der Waals surface area contributed by atoms with E-state index in [-0.39, 0.29) is 10.9 Å². The number of aliphatic hydroxyl groups excluding tert-OH is 1. The summed E-state index contributed by atoms with van der Waals surface area (Å²) >= 11 is 2.97. The van der Waals surface area contributed by atoms with Gasteiger partial charge in [-0.15, -0.1) is 0 Å². The van der Waals surface area contributed by atoms with Crippen LogP contribution in [0.15, 0.2) is 20.3 Å². The van der Waals surface area contributed by atoms with E-state index in [2.05, 4.69) is 25.4 Å². The van der Waals surface area contributed by atoms with Gasteiger partial charge in [-0.05, 0) is 15.9 Å². The molecule has 11 nitrogen and oxygen atoms in total. The minimum absolute atomic E-state index is 0.0267. The van der Waals surface area contributed by atoms with Gasteiger partial charge in [0, 0.05) is 12.6 Å². The van der Waals surface area contributed by atoms with Crippen LogP contribution in [0, 0.1) is 0 Å². The molecule has 134 valence electrons. The van der Waals surface area contributed by atoms with Crippen LogP contribution >= 0.6 is 23.5 Å². The van der Waals surface area contributed by atoms with Gasteiger partial charge in [-0.2, -0.15) is 0 Å². The fraction of sp³-hybridized carbons (Fsp3) is 0.545. The van der Waals surface area contributed by atoms with Crippen molar-refractivity contribution in [2.24, 2.45) is 0 Å². The van der Waals surface area contributed by atoms with Gasteiger partial charge in [-0.1, -0.05) is 0 Å². The third kappa shape index (κ3) is 4.62. The number of H-pyrrole nitrogens is 1. The Morgan fingerprint density at radius 2 is 2.21 bits per heavy atom. The first-order valence-corrected chi connectivity index (χ1v) is 9.17. The predicted octanol–water partition coefficient (Wildman–Crippen LogP) is -0.766. The molecule has 4 atom stereocenters. The molecule has 1 aromatic rings. The number of nitrogens with one attached hydrogen (secondary N) is 1. The number of hydrogen-bond donors (Lipinski definition) is 4. The van der Waals surface area contributed by atoms with Crippen LogP contribution in [-0.2, 0) is 18.6 Å². The van der Waals surface area contributed by atoms with Crippen LogP contribution in [0.2, 0.25) is 0 Å². The Labute approximate surface area is 142 Å². The zero-order valence-electron chi connectivity index (χ0n) is 12.0. The Balaban J connectivity index is 2.06. The third-order valence-corrected chi connectivity index (χ3v) is 5.00. The number of rotatable bonds is 6. The van der Waals surface area contributed by atoms with Crippen LogP contribution in [0.5, 0.6) is 0 Å². The SMILES string of the molecule is O=C(O)CP(=O)(O)OC[C@H]1O[C@@H](n2cc(Br)c(=O)[nH]c2=O)C[C@@H]1O. The molecule has 0 bridgehead atoms. The number of aromatic nitrogens is 2. The molecule has 4 N–H and O–H groups in total. The zero-order chi connectivity index (χ0) is 18.1. The molecule has 1 unspecified atom stereocenters. The number of carboxylic acid groups (broad SMARTS) is 1. The molecule has 0 aliphatic carbocycles. The summed E-state index contributed by atoms with van der Waals surface area (Å²) in [7, 11) is -4.36. The average Bonchev–Trinajstić information content (AvgIpc) is 2.80. The molecule has 0 spiro atoms. The van der Waals surface area contributed by atoms with E-state index >= 15 is 0 Å². The van der Waals surface area contributed by atoms with Gasteiger partial charge in [-0.3, -0.25) is 23.7 Å². The van der Waals surface area contributed by atoms with E-state index in [1.54, 1.807) is 0 Å². The van der Waals surface area contributed by atoms with Crippen LogP contribution in [0.25, 0.3) is 0 Å². The highest BCUT2D eigenvalue weighted by molar-refractivity contribution is 9.10. The van der Waals surface area contributed by atoms with Crippen LogP contribution in [-0.4, -0.2) is 55.6 Å². The molecule has 1 aliphatic heterocycles. The molecular weight excluding hydrogens is 415 g/mol. The minimum atomic E-state index is -4.36. The zero-order valence-corrected chi connectivity index (χ0v) is 14.5. The second kappa shape index (κ2) is 7.30. The molecule has 1 saturated heterocycles. The summed E-state index contributed by atoms with van der Waals surface area (Å²) in [5.41, 5.74) is -1.37. The summed E-state index contributed by atoms with van der Waals surface area (Å²) in [6, 6.07) is 0. The van der Waals surface area contributed by atoms with E-state index in [0.717, 1.165) is 4.57 Å². The van der Waals surface area contributed by atoms with Crippen LogP contribution < -0.4 is 11.2 Å². The summed E-state index contributed by atoms with van der Waals surface area (Å²) in [4.78, 5) is 44.9. The van der Waals surface area contributed by atoms with Gasteiger partial charge >= 0.3 is 19.3 Å². The van der Waals surface area contributed by atoms with Crippen molar-refractivity contribution in [3.05, 3.63) is 31.5 Å². The lowest BCUT2D eigenvalue weighted by Gasteiger charge is -2.17. The fourth-order valence-corrected chi connectivity index (χ4v) is 3.25. The Bertz CT molecular complexity index is 790. The van der Waals surface area contributed by atoms with Crippen LogP contribution in [0.4, 0.5) is 0 Å². The maximum absolute atomic E-state index is 11.8. The first-order valence-electron chi connectivity index (χ1n) is 6.61. The van der Waals surface area contributed by atoms with Gasteiger partial charge in [0.25, 0.3) is 5.56 Å². The smallest absolute Gasteiger partial charge is 0.339 e. The van der Waals surface area contributed by atoms with Crippen molar-refractivity contribution in [1.29, 1.82) is 0 Å². The van der Waals surface area contributed by atoms with Crippen molar-refractivity contribution in [3.63, 3.8) is 0 Å². The Hall–Kier alpha value is -1.30. The number of nitrogens with zero attached hydrogens (tertiary/aromatic N) is 1.